The second-order valence-electron chi connectivity index (χ2n) is 1.72. The molecule has 54 valence electrons. The van der Waals surface area contributed by atoms with Gasteiger partial charge in [0.05, 0.1) is 5.88 Å². The number of rotatable bonds is 1. The van der Waals surface area contributed by atoms with Crippen molar-refractivity contribution >= 4 is 12.6 Å². The van der Waals surface area contributed by atoms with Gasteiger partial charge in [0.2, 0.25) is 0 Å². The third-order valence-corrected chi connectivity index (χ3v) is 1.35. The van der Waals surface area contributed by atoms with Crippen LogP contribution < -0.4 is 11.2 Å². The van der Waals surface area contributed by atoms with Crippen LogP contribution in [0, 0.1) is 0 Å². The Hall–Kier alpha value is -0.970. The first kappa shape index (κ1) is 7.14. The lowest BCUT2D eigenvalue weighted by molar-refractivity contribution is 0.787. The van der Waals surface area contributed by atoms with E-state index in [1.54, 1.807) is 0 Å². The molecule has 0 spiro atoms. The van der Waals surface area contributed by atoms with Gasteiger partial charge in [0.15, 0.2) is 0 Å². The van der Waals surface area contributed by atoms with Gasteiger partial charge in [0.1, 0.15) is 0 Å². The average molecular weight is 158 g/mol. The predicted octanol–water partition coefficient (Wildman–Crippen LogP) is -0.576. The quantitative estimate of drug-likeness (QED) is 0.537. The van der Waals surface area contributed by atoms with Gasteiger partial charge in [-0.05, 0) is 0 Å². The minimum atomic E-state index is -0.428. The number of hydrogen-bond donors (Lipinski definition) is 2. The third-order valence-electron chi connectivity index (χ3n) is 1.05. The first-order chi connectivity index (χ1) is 4.74. The van der Waals surface area contributed by atoms with Gasteiger partial charge in [-0.3, -0.25) is 14.3 Å². The van der Waals surface area contributed by atoms with Gasteiger partial charge in [0.25, 0.3) is 5.56 Å². The Morgan fingerprint density at radius 1 is 1.60 bits per heavy atom. The van der Waals surface area contributed by atoms with E-state index in [9.17, 15) is 9.59 Å². The highest BCUT2D eigenvalue weighted by Crippen LogP contribution is 1.78. The van der Waals surface area contributed by atoms with Crippen molar-refractivity contribution in [3.05, 3.63) is 33.1 Å². The van der Waals surface area contributed by atoms with Gasteiger partial charge in [-0.1, -0.05) is 0 Å². The van der Waals surface area contributed by atoms with E-state index in [1.807, 2.05) is 0 Å². The summed E-state index contributed by atoms with van der Waals surface area (Å²) in [6.07, 6.45) is 1.40. The number of aromatic nitrogens is 2. The fraction of sp³-hybridized carbons (Fsp3) is 0.200. The van der Waals surface area contributed by atoms with Crippen LogP contribution in [0.25, 0.3) is 0 Å². The molecule has 4 nitrogen and oxygen atoms in total. The maximum atomic E-state index is 10.7. The summed E-state index contributed by atoms with van der Waals surface area (Å²) in [6, 6.07) is 1.28. The summed E-state index contributed by atoms with van der Waals surface area (Å²) >= 11 is 3.85. The molecule has 0 aliphatic heterocycles. The molecule has 1 aromatic rings. The second kappa shape index (κ2) is 2.74. The summed E-state index contributed by atoms with van der Waals surface area (Å²) in [5.74, 6) is 0.273. The largest absolute Gasteiger partial charge is 0.329 e. The lowest BCUT2D eigenvalue weighted by atomic mass is 10.6. The highest BCUT2D eigenvalue weighted by molar-refractivity contribution is 7.79. The first-order valence-corrected chi connectivity index (χ1v) is 3.28. The highest BCUT2D eigenvalue weighted by atomic mass is 32.1. The topological polar surface area (TPSA) is 54.9 Å². The zero-order valence-electron chi connectivity index (χ0n) is 5.07. The first-order valence-electron chi connectivity index (χ1n) is 2.64. The van der Waals surface area contributed by atoms with Crippen molar-refractivity contribution in [1.29, 1.82) is 0 Å². The molecule has 0 aliphatic rings. The molecule has 1 N–H and O–H groups in total. The van der Waals surface area contributed by atoms with E-state index in [-0.39, 0.29) is 11.4 Å². The van der Waals surface area contributed by atoms with Crippen molar-refractivity contribution in [3.8, 4) is 0 Å². The van der Waals surface area contributed by atoms with Crippen LogP contribution in [-0.4, -0.2) is 9.55 Å². The summed E-state index contributed by atoms with van der Waals surface area (Å²) < 4.78 is 1.28. The number of H-pyrrole nitrogens is 1. The molecule has 1 aromatic heterocycles. The van der Waals surface area contributed by atoms with Gasteiger partial charge in [0, 0.05) is 12.3 Å². The standard InChI is InChI=1S/C5H6N2O2S/c8-4-1-2-7(3-10)5(9)6-4/h1-2,10H,3H2,(H,6,8,9). The Labute approximate surface area is 61.9 Å². The van der Waals surface area contributed by atoms with Crippen molar-refractivity contribution in [2.24, 2.45) is 0 Å². The molecule has 0 fully saturated rings. The predicted molar refractivity (Wildman–Crippen MR) is 40.3 cm³/mol. The number of thiol groups is 1. The summed E-state index contributed by atoms with van der Waals surface area (Å²) in [7, 11) is 0. The Morgan fingerprint density at radius 3 is 2.80 bits per heavy atom. The van der Waals surface area contributed by atoms with E-state index in [1.165, 1.54) is 16.8 Å². The Bertz CT molecular complexity index is 327. The molecule has 1 rings (SSSR count). The van der Waals surface area contributed by atoms with Crippen molar-refractivity contribution in [2.75, 3.05) is 0 Å². The van der Waals surface area contributed by atoms with Crippen LogP contribution in [0.1, 0.15) is 0 Å². The minimum Gasteiger partial charge on any atom is -0.291 e. The Kier molecular flexibility index (Phi) is 1.96. The Morgan fingerprint density at radius 2 is 2.30 bits per heavy atom. The maximum Gasteiger partial charge on any atom is 0.329 e. The van der Waals surface area contributed by atoms with Crippen molar-refractivity contribution in [2.45, 2.75) is 5.88 Å². The van der Waals surface area contributed by atoms with E-state index in [0.29, 0.717) is 0 Å². The number of aromatic amines is 1. The fourth-order valence-corrected chi connectivity index (χ4v) is 0.778. The molecule has 0 unspecified atom stereocenters. The molecule has 0 radical (unpaired) electrons. The zero-order valence-corrected chi connectivity index (χ0v) is 5.97. The molecule has 0 saturated heterocycles. The van der Waals surface area contributed by atoms with E-state index in [4.69, 9.17) is 0 Å². The fourth-order valence-electron chi connectivity index (χ4n) is 0.556. The van der Waals surface area contributed by atoms with Gasteiger partial charge in [-0.15, -0.1) is 0 Å². The lowest BCUT2D eigenvalue weighted by Crippen LogP contribution is -2.27. The molecule has 1 heterocycles. The average Bonchev–Trinajstić information content (AvgIpc) is 1.88. The minimum absolute atomic E-state index is 0.273. The van der Waals surface area contributed by atoms with Crippen molar-refractivity contribution in [3.63, 3.8) is 0 Å². The van der Waals surface area contributed by atoms with Crippen LogP contribution in [0.15, 0.2) is 21.9 Å². The molecular weight excluding hydrogens is 152 g/mol. The highest BCUT2D eigenvalue weighted by Gasteiger charge is 1.90. The number of nitrogens with one attached hydrogen (secondary N) is 1. The monoisotopic (exact) mass is 158 g/mol. The smallest absolute Gasteiger partial charge is 0.291 e. The molecule has 0 amide bonds. The molecule has 0 atom stereocenters. The van der Waals surface area contributed by atoms with E-state index >= 15 is 0 Å². The van der Waals surface area contributed by atoms with Crippen LogP contribution in [-0.2, 0) is 5.88 Å². The van der Waals surface area contributed by atoms with Crippen LogP contribution in [0.3, 0.4) is 0 Å². The SMILES string of the molecule is O=c1ccn(CS)c(=O)[nH]1. The lowest BCUT2D eigenvalue weighted by Gasteiger charge is -1.95. The Balaban J connectivity index is 3.34. The van der Waals surface area contributed by atoms with Crippen molar-refractivity contribution in [1.82, 2.24) is 9.55 Å². The van der Waals surface area contributed by atoms with Crippen molar-refractivity contribution < 1.29 is 0 Å². The number of nitrogens with zero attached hydrogens (tertiary/aromatic N) is 1. The molecule has 0 aromatic carbocycles. The van der Waals surface area contributed by atoms with Crippen LogP contribution in [0.5, 0.6) is 0 Å². The summed E-state index contributed by atoms with van der Waals surface area (Å²) in [5, 5.41) is 0. The van der Waals surface area contributed by atoms with E-state index in [2.05, 4.69) is 17.6 Å². The maximum absolute atomic E-state index is 10.7. The summed E-state index contributed by atoms with van der Waals surface area (Å²) in [6.45, 7) is 0. The van der Waals surface area contributed by atoms with Crippen LogP contribution in [0.4, 0.5) is 0 Å². The summed E-state index contributed by atoms with van der Waals surface area (Å²) in [4.78, 5) is 23.3. The van der Waals surface area contributed by atoms with Gasteiger partial charge in [-0.25, -0.2) is 4.79 Å². The molecule has 0 aliphatic carbocycles. The second-order valence-corrected chi connectivity index (χ2v) is 2.00. The normalized spacial score (nSPS) is 9.70. The molecular formula is C5H6N2O2S. The van der Waals surface area contributed by atoms with Crippen LogP contribution in [0.2, 0.25) is 0 Å². The molecule has 5 heteroatoms. The zero-order chi connectivity index (χ0) is 7.56. The van der Waals surface area contributed by atoms with Gasteiger partial charge >= 0.3 is 5.69 Å². The van der Waals surface area contributed by atoms with E-state index in [0.717, 1.165) is 0 Å². The molecule has 10 heavy (non-hydrogen) atoms. The van der Waals surface area contributed by atoms with Gasteiger partial charge in [-0.2, -0.15) is 12.6 Å². The summed E-state index contributed by atoms with van der Waals surface area (Å²) in [5.41, 5.74) is -0.814. The van der Waals surface area contributed by atoms with Crippen LogP contribution >= 0.6 is 12.6 Å². The number of hydrogen-bond acceptors (Lipinski definition) is 3. The molecule has 0 saturated carbocycles. The molecule has 0 bridgehead atoms. The van der Waals surface area contributed by atoms with E-state index < -0.39 is 5.69 Å². The third kappa shape index (κ3) is 1.30. The van der Waals surface area contributed by atoms with Gasteiger partial charge < -0.3 is 0 Å².